The van der Waals surface area contributed by atoms with E-state index in [1.165, 1.54) is 21.9 Å². The van der Waals surface area contributed by atoms with Gasteiger partial charge in [0.05, 0.1) is 21.2 Å². The molecule has 0 aliphatic heterocycles. The molecule has 0 atom stereocenters. The number of carbonyl (C=O) groups is 2. The molecule has 59 heavy (non-hydrogen) atoms. The zero-order chi connectivity index (χ0) is 41.3. The monoisotopic (exact) mass is 874 g/mol. The van der Waals surface area contributed by atoms with Crippen molar-refractivity contribution in [3.8, 4) is 0 Å². The third kappa shape index (κ3) is 13.8. The van der Waals surface area contributed by atoms with Gasteiger partial charge in [0.1, 0.15) is 0 Å². The zero-order valence-corrected chi connectivity index (χ0v) is 35.5. The predicted octanol–water partition coefficient (Wildman–Crippen LogP) is 13.6. The standard InChI is InChI=1S/2C19H17ClF2NO.2C5H5.Ti/c2*20-16-9-5-4-8-15(16)19(24)23(14-6-2-1-3-7-14)18-11-10-13(21)12-17(18)22;2*1-2-4-5-3-1;/h2*4-5,8-11,14H,1-3,6-7H2;2*1-5H;/q4*-1;+4. The van der Waals surface area contributed by atoms with Crippen LogP contribution in [0.5, 0.6) is 0 Å². The SMILES string of the molecule is O=C(c1ccccc1Cl)N(c1ccc(F)[c-]c1F)C1CCCCC1.O=C(c1ccccc1Cl)N(c1ccc(F)[c-]c1F)C1CCCCC1.[Ti+4].c1cc[cH-]c1.c1cc[cH-]c1. The molecule has 0 radical (unpaired) electrons. The van der Waals surface area contributed by atoms with Crippen molar-refractivity contribution in [1.29, 1.82) is 0 Å². The summed E-state index contributed by atoms with van der Waals surface area (Å²) in [5.74, 6) is -4.03. The van der Waals surface area contributed by atoms with Gasteiger partial charge in [-0.25, -0.2) is 41.8 Å². The number of nitrogens with zero attached hydrogens (tertiary/aromatic N) is 2. The Bertz CT molecular complexity index is 1970. The third-order valence-electron chi connectivity index (χ3n) is 9.84. The van der Waals surface area contributed by atoms with Crippen molar-refractivity contribution >= 4 is 46.4 Å². The third-order valence-corrected chi connectivity index (χ3v) is 10.5. The average Bonchev–Trinajstić information content (AvgIpc) is 4.03. The summed E-state index contributed by atoms with van der Waals surface area (Å²) in [5.41, 5.74) is 0.725. The van der Waals surface area contributed by atoms with E-state index in [-0.39, 0.29) is 57.0 Å². The van der Waals surface area contributed by atoms with Gasteiger partial charge >= 0.3 is 21.7 Å². The van der Waals surface area contributed by atoms with E-state index in [4.69, 9.17) is 23.2 Å². The molecule has 6 aromatic carbocycles. The van der Waals surface area contributed by atoms with Crippen LogP contribution in [-0.2, 0) is 21.7 Å². The average molecular weight is 876 g/mol. The van der Waals surface area contributed by atoms with E-state index >= 15 is 0 Å². The minimum Gasteiger partial charge on any atom is -0.357 e. The molecule has 2 saturated carbocycles. The molecule has 0 bridgehead atoms. The summed E-state index contributed by atoms with van der Waals surface area (Å²) in [6.07, 6.45) is 9.24. The topological polar surface area (TPSA) is 40.6 Å². The first-order valence-corrected chi connectivity index (χ1v) is 20.2. The second kappa shape index (κ2) is 24.6. The molecule has 8 rings (SSSR count). The molecule has 6 aromatic rings. The summed E-state index contributed by atoms with van der Waals surface area (Å²) in [4.78, 5) is 29.0. The molecule has 11 heteroatoms. The smallest absolute Gasteiger partial charge is 0.357 e. The van der Waals surface area contributed by atoms with Crippen molar-refractivity contribution in [2.75, 3.05) is 9.80 Å². The second-order valence-electron chi connectivity index (χ2n) is 13.8. The number of hydrogen-bond donors (Lipinski definition) is 0. The van der Waals surface area contributed by atoms with Gasteiger partial charge in [0, 0.05) is 35.4 Å². The van der Waals surface area contributed by atoms with Gasteiger partial charge in [-0.15, -0.1) is 36.4 Å². The maximum atomic E-state index is 14.3. The van der Waals surface area contributed by atoms with Crippen LogP contribution in [0.2, 0.25) is 10.0 Å². The minimum atomic E-state index is -0.860. The number of benzene rings is 4. The summed E-state index contributed by atoms with van der Waals surface area (Å²) in [5, 5.41) is 0.629. The first-order valence-electron chi connectivity index (χ1n) is 19.4. The van der Waals surface area contributed by atoms with Gasteiger partial charge in [-0.1, -0.05) is 86.0 Å². The Morgan fingerprint density at radius 1 is 0.508 bits per heavy atom. The molecule has 0 heterocycles. The molecule has 0 spiro atoms. The van der Waals surface area contributed by atoms with Gasteiger partial charge in [-0.05, 0) is 61.3 Å². The fourth-order valence-corrected chi connectivity index (χ4v) is 7.47. The molecule has 4 nitrogen and oxygen atoms in total. The van der Waals surface area contributed by atoms with E-state index in [2.05, 4.69) is 0 Å². The van der Waals surface area contributed by atoms with Gasteiger partial charge in [-0.3, -0.25) is 9.59 Å². The van der Waals surface area contributed by atoms with Crippen molar-refractivity contribution in [3.05, 3.63) is 190 Å². The molecular formula is C48H44Cl2F4N2O2Ti. The van der Waals surface area contributed by atoms with Crippen LogP contribution in [0.3, 0.4) is 0 Å². The van der Waals surface area contributed by atoms with E-state index in [1.807, 2.05) is 72.8 Å². The van der Waals surface area contributed by atoms with Gasteiger partial charge in [0.15, 0.2) is 0 Å². The Kier molecular flexibility index (Phi) is 19.7. The molecular weight excluding hydrogens is 831 g/mol. The molecule has 0 aromatic heterocycles. The summed E-state index contributed by atoms with van der Waals surface area (Å²) in [6, 6.07) is 42.0. The molecule has 0 N–H and O–H groups in total. The van der Waals surface area contributed by atoms with Crippen molar-refractivity contribution in [2.45, 2.75) is 76.3 Å². The second-order valence-corrected chi connectivity index (χ2v) is 14.6. The van der Waals surface area contributed by atoms with Crippen molar-refractivity contribution < 1.29 is 48.9 Å². The van der Waals surface area contributed by atoms with Crippen molar-refractivity contribution in [3.63, 3.8) is 0 Å². The van der Waals surface area contributed by atoms with Gasteiger partial charge in [0.2, 0.25) is 11.8 Å². The molecule has 0 unspecified atom stereocenters. The van der Waals surface area contributed by atoms with Crippen LogP contribution < -0.4 is 9.80 Å². The van der Waals surface area contributed by atoms with E-state index in [0.717, 1.165) is 76.3 Å². The Morgan fingerprint density at radius 3 is 1.14 bits per heavy atom. The first kappa shape index (κ1) is 47.2. The van der Waals surface area contributed by atoms with Crippen LogP contribution in [0.25, 0.3) is 0 Å². The number of amides is 2. The van der Waals surface area contributed by atoms with Crippen LogP contribution in [0.15, 0.2) is 133 Å². The van der Waals surface area contributed by atoms with Crippen LogP contribution in [0.4, 0.5) is 28.9 Å². The molecule has 2 amide bonds. The Morgan fingerprint density at radius 2 is 0.847 bits per heavy atom. The maximum Gasteiger partial charge on any atom is 4.00 e. The molecule has 304 valence electrons. The quantitative estimate of drug-likeness (QED) is 0.0950. The molecule has 2 aliphatic rings. The van der Waals surface area contributed by atoms with Crippen LogP contribution >= 0.6 is 23.2 Å². The number of anilines is 2. The predicted molar refractivity (Wildman–Crippen MR) is 225 cm³/mol. The summed E-state index contributed by atoms with van der Waals surface area (Å²) in [6.45, 7) is 0. The fraction of sp³-hybridized carbons (Fsp3) is 0.250. The summed E-state index contributed by atoms with van der Waals surface area (Å²) >= 11 is 12.3. The van der Waals surface area contributed by atoms with E-state index in [0.29, 0.717) is 21.2 Å². The Labute approximate surface area is 369 Å². The fourth-order valence-electron chi connectivity index (χ4n) is 7.04. The van der Waals surface area contributed by atoms with E-state index < -0.39 is 23.3 Å². The summed E-state index contributed by atoms with van der Waals surface area (Å²) in [7, 11) is 0. The molecule has 2 aliphatic carbocycles. The first-order chi connectivity index (χ1) is 28.2. The van der Waals surface area contributed by atoms with Crippen molar-refractivity contribution in [2.24, 2.45) is 0 Å². The number of halogens is 6. The maximum absolute atomic E-state index is 14.3. The van der Waals surface area contributed by atoms with Crippen LogP contribution in [0.1, 0.15) is 84.9 Å². The van der Waals surface area contributed by atoms with Gasteiger partial charge in [-0.2, -0.15) is 36.4 Å². The molecule has 0 saturated heterocycles. The van der Waals surface area contributed by atoms with Gasteiger partial charge < -0.3 is 9.80 Å². The summed E-state index contributed by atoms with van der Waals surface area (Å²) < 4.78 is 55.1. The number of carbonyl (C=O) groups excluding carboxylic acids is 2. The Hall–Kier alpha value is -4.47. The van der Waals surface area contributed by atoms with Crippen molar-refractivity contribution in [1.82, 2.24) is 0 Å². The minimum absolute atomic E-state index is 0. The van der Waals surface area contributed by atoms with E-state index in [9.17, 15) is 27.2 Å². The number of rotatable bonds is 6. The van der Waals surface area contributed by atoms with E-state index in [1.54, 1.807) is 48.5 Å². The van der Waals surface area contributed by atoms with Crippen LogP contribution in [-0.4, -0.2) is 23.9 Å². The Balaban J connectivity index is 0.000000207. The molecule has 2 fully saturated rings. The van der Waals surface area contributed by atoms with Gasteiger partial charge in [0.25, 0.3) is 0 Å². The largest absolute Gasteiger partial charge is 4.00 e. The number of hydrogen-bond acceptors (Lipinski definition) is 2. The normalized spacial score (nSPS) is 13.8. The zero-order valence-electron chi connectivity index (χ0n) is 32.4. The van der Waals surface area contributed by atoms with Crippen LogP contribution in [0, 0.1) is 35.4 Å².